The number of rotatable bonds is 8. The van der Waals surface area contributed by atoms with Crippen LogP contribution in [0.5, 0.6) is 0 Å². The molecular weight excluding hydrogens is 260 g/mol. The Labute approximate surface area is 128 Å². The molecule has 3 nitrogen and oxygen atoms in total. The largest absolute Gasteiger partial charge is 0.459 e. The predicted octanol–water partition coefficient (Wildman–Crippen LogP) is 3.99. The molecule has 1 unspecified atom stereocenters. The minimum atomic E-state index is 0.253. The Hall–Kier alpha value is -1.32. The van der Waals surface area contributed by atoms with Gasteiger partial charge in [0, 0.05) is 24.0 Å². The van der Waals surface area contributed by atoms with Crippen LogP contribution in [0.25, 0.3) is 11.0 Å². The Bertz CT molecular complexity index is 557. The molecule has 0 amide bonds. The normalized spacial score (nSPS) is 13.2. The number of hydrogen-bond donors (Lipinski definition) is 1. The molecule has 21 heavy (non-hydrogen) atoms. The maximum Gasteiger partial charge on any atom is 0.134 e. The van der Waals surface area contributed by atoms with Gasteiger partial charge in [-0.3, -0.25) is 0 Å². The summed E-state index contributed by atoms with van der Waals surface area (Å²) >= 11 is 0. The van der Waals surface area contributed by atoms with E-state index >= 15 is 0 Å². The molecule has 0 saturated carbocycles. The predicted molar refractivity (Wildman–Crippen MR) is 89.8 cm³/mol. The van der Waals surface area contributed by atoms with E-state index in [4.69, 9.17) is 4.42 Å². The highest BCUT2D eigenvalue weighted by Crippen LogP contribution is 2.30. The molecule has 0 radical (unpaired) electrons. The second-order valence-electron chi connectivity index (χ2n) is 5.50. The third kappa shape index (κ3) is 3.66. The summed E-state index contributed by atoms with van der Waals surface area (Å²) in [5.74, 6) is 1.10. The fraction of sp³-hybridized carbons (Fsp3) is 0.556. The van der Waals surface area contributed by atoms with Crippen molar-refractivity contribution >= 4 is 11.0 Å². The molecule has 1 heterocycles. The van der Waals surface area contributed by atoms with E-state index in [0.29, 0.717) is 0 Å². The number of aryl methyl sites for hydroxylation is 1. The van der Waals surface area contributed by atoms with Crippen molar-refractivity contribution in [2.45, 2.75) is 40.2 Å². The van der Waals surface area contributed by atoms with E-state index in [9.17, 15) is 0 Å². The minimum absolute atomic E-state index is 0.253. The molecule has 0 bridgehead atoms. The number of furan rings is 1. The Kier molecular flexibility index (Phi) is 5.83. The first-order valence-corrected chi connectivity index (χ1v) is 8.17. The average molecular weight is 288 g/mol. The van der Waals surface area contributed by atoms with Crippen LogP contribution in [0.1, 0.15) is 45.1 Å². The highest BCUT2D eigenvalue weighted by atomic mass is 16.3. The zero-order valence-corrected chi connectivity index (χ0v) is 13.8. The summed E-state index contributed by atoms with van der Waals surface area (Å²) in [7, 11) is 0. The topological polar surface area (TPSA) is 28.4 Å². The summed E-state index contributed by atoms with van der Waals surface area (Å²) in [5.41, 5.74) is 2.34. The second kappa shape index (κ2) is 7.62. The van der Waals surface area contributed by atoms with Gasteiger partial charge in [0.25, 0.3) is 0 Å². The minimum Gasteiger partial charge on any atom is -0.459 e. The number of nitrogens with one attached hydrogen (secondary N) is 1. The Morgan fingerprint density at radius 3 is 2.52 bits per heavy atom. The number of likely N-dealkylation sites (N-methyl/N-ethyl adjacent to an activating group) is 1. The summed E-state index contributed by atoms with van der Waals surface area (Å²) in [6.45, 7) is 13.1. The van der Waals surface area contributed by atoms with Gasteiger partial charge in [0.05, 0.1) is 6.04 Å². The molecule has 1 aromatic heterocycles. The van der Waals surface area contributed by atoms with E-state index in [2.05, 4.69) is 56.1 Å². The number of benzene rings is 1. The van der Waals surface area contributed by atoms with Gasteiger partial charge in [0.15, 0.2) is 0 Å². The molecule has 0 aliphatic rings. The lowest BCUT2D eigenvalue weighted by atomic mass is 10.1. The number of para-hydroxylation sites is 1. The van der Waals surface area contributed by atoms with Gasteiger partial charge in [-0.2, -0.15) is 0 Å². The molecule has 0 spiro atoms. The van der Waals surface area contributed by atoms with E-state index in [1.165, 1.54) is 10.9 Å². The first-order valence-electron chi connectivity index (χ1n) is 8.17. The lowest BCUT2D eigenvalue weighted by molar-refractivity contribution is 0.294. The summed E-state index contributed by atoms with van der Waals surface area (Å²) in [6, 6.07) is 8.58. The average Bonchev–Trinajstić information content (AvgIpc) is 2.90. The summed E-state index contributed by atoms with van der Waals surface area (Å²) < 4.78 is 6.09. The Balaban J connectivity index is 2.07. The zero-order chi connectivity index (χ0) is 15.2. The number of hydrogen-bond acceptors (Lipinski definition) is 3. The molecule has 0 aliphatic carbocycles. The molecular formula is C18H28N2O. The van der Waals surface area contributed by atoms with Crippen LogP contribution in [0.15, 0.2) is 28.7 Å². The van der Waals surface area contributed by atoms with Crippen LogP contribution in [0.3, 0.4) is 0 Å². The Morgan fingerprint density at radius 1 is 1.14 bits per heavy atom. The monoisotopic (exact) mass is 288 g/mol. The first kappa shape index (κ1) is 16.1. The van der Waals surface area contributed by atoms with E-state index in [-0.39, 0.29) is 6.04 Å². The van der Waals surface area contributed by atoms with Crippen molar-refractivity contribution < 1.29 is 4.42 Å². The molecule has 0 fully saturated rings. The second-order valence-corrected chi connectivity index (χ2v) is 5.50. The van der Waals surface area contributed by atoms with Gasteiger partial charge >= 0.3 is 0 Å². The lowest BCUT2D eigenvalue weighted by Crippen LogP contribution is -2.33. The SMILES string of the molecule is CCc1c(C(C)NCCN(CC)CC)oc2ccccc12. The highest BCUT2D eigenvalue weighted by molar-refractivity contribution is 5.82. The van der Waals surface area contributed by atoms with Crippen LogP contribution in [0, 0.1) is 0 Å². The van der Waals surface area contributed by atoms with Crippen LogP contribution >= 0.6 is 0 Å². The van der Waals surface area contributed by atoms with Gasteiger partial charge in [-0.1, -0.05) is 39.0 Å². The van der Waals surface area contributed by atoms with Crippen molar-refractivity contribution in [3.63, 3.8) is 0 Å². The van der Waals surface area contributed by atoms with E-state index in [1.54, 1.807) is 0 Å². The molecule has 0 saturated heterocycles. The summed E-state index contributed by atoms with van der Waals surface area (Å²) in [5, 5.41) is 4.86. The Morgan fingerprint density at radius 2 is 1.86 bits per heavy atom. The highest BCUT2D eigenvalue weighted by Gasteiger charge is 2.17. The number of nitrogens with zero attached hydrogens (tertiary/aromatic N) is 1. The molecule has 0 aliphatic heterocycles. The summed E-state index contributed by atoms with van der Waals surface area (Å²) in [4.78, 5) is 2.43. The van der Waals surface area contributed by atoms with Gasteiger partial charge in [0.1, 0.15) is 11.3 Å². The molecule has 116 valence electrons. The maximum atomic E-state index is 6.09. The van der Waals surface area contributed by atoms with Crippen LogP contribution in [0.4, 0.5) is 0 Å². The van der Waals surface area contributed by atoms with Crippen LogP contribution in [0.2, 0.25) is 0 Å². The van der Waals surface area contributed by atoms with E-state index in [1.807, 2.05) is 6.07 Å². The standard InChI is InChI=1S/C18H28N2O/c1-5-15-16-10-8-9-11-17(16)21-18(15)14(4)19-12-13-20(6-2)7-3/h8-11,14,19H,5-7,12-13H2,1-4H3. The fourth-order valence-electron chi connectivity index (χ4n) is 2.90. The van der Waals surface area contributed by atoms with Gasteiger partial charge in [0.2, 0.25) is 0 Å². The molecule has 1 N–H and O–H groups in total. The third-order valence-electron chi connectivity index (χ3n) is 4.25. The van der Waals surface area contributed by atoms with Crippen molar-refractivity contribution in [3.8, 4) is 0 Å². The van der Waals surface area contributed by atoms with Crippen molar-refractivity contribution in [1.82, 2.24) is 10.2 Å². The van der Waals surface area contributed by atoms with E-state index < -0.39 is 0 Å². The van der Waals surface area contributed by atoms with Crippen molar-refractivity contribution in [2.75, 3.05) is 26.2 Å². The molecule has 3 heteroatoms. The van der Waals surface area contributed by atoms with Gasteiger partial charge in [-0.05, 0) is 32.5 Å². The van der Waals surface area contributed by atoms with Crippen molar-refractivity contribution in [2.24, 2.45) is 0 Å². The zero-order valence-electron chi connectivity index (χ0n) is 13.8. The number of fused-ring (bicyclic) bond motifs is 1. The third-order valence-corrected chi connectivity index (χ3v) is 4.25. The fourth-order valence-corrected chi connectivity index (χ4v) is 2.90. The summed E-state index contributed by atoms with van der Waals surface area (Å²) in [6.07, 6.45) is 1.01. The van der Waals surface area contributed by atoms with Gasteiger partial charge in [-0.25, -0.2) is 0 Å². The molecule has 1 atom stereocenters. The maximum absolute atomic E-state index is 6.09. The van der Waals surface area contributed by atoms with Gasteiger partial charge < -0.3 is 14.6 Å². The van der Waals surface area contributed by atoms with Crippen LogP contribution < -0.4 is 5.32 Å². The van der Waals surface area contributed by atoms with Gasteiger partial charge in [-0.15, -0.1) is 0 Å². The molecule has 2 aromatic rings. The smallest absolute Gasteiger partial charge is 0.134 e. The van der Waals surface area contributed by atoms with E-state index in [0.717, 1.165) is 43.9 Å². The van der Waals surface area contributed by atoms with Crippen LogP contribution in [-0.2, 0) is 6.42 Å². The van der Waals surface area contributed by atoms with Crippen molar-refractivity contribution in [3.05, 3.63) is 35.6 Å². The van der Waals surface area contributed by atoms with Crippen molar-refractivity contribution in [1.29, 1.82) is 0 Å². The van der Waals surface area contributed by atoms with Crippen LogP contribution in [-0.4, -0.2) is 31.1 Å². The first-order chi connectivity index (χ1) is 10.2. The lowest BCUT2D eigenvalue weighted by Gasteiger charge is -2.20. The quantitative estimate of drug-likeness (QED) is 0.796. The molecule has 1 aromatic carbocycles. The molecule has 2 rings (SSSR count).